The number of aromatic nitrogens is 3. The van der Waals surface area contributed by atoms with Crippen LogP contribution in [-0.4, -0.2) is 20.3 Å². The second kappa shape index (κ2) is 6.16. The lowest BCUT2D eigenvalue weighted by molar-refractivity contribution is 0.477. The molecule has 1 aromatic carbocycles. The maximum Gasteiger partial charge on any atom is 0.161 e. The number of nitrogen functional groups attached to an aromatic ring is 1. The normalized spacial score (nSPS) is 9.96. The van der Waals surface area contributed by atoms with Gasteiger partial charge < -0.3 is 10.8 Å². The lowest BCUT2D eigenvalue weighted by atomic mass is 10.1. The average Bonchev–Trinajstić information content (AvgIpc) is 2.55. The van der Waals surface area contributed by atoms with Gasteiger partial charge in [0.1, 0.15) is 5.75 Å². The van der Waals surface area contributed by atoms with Gasteiger partial charge in [0.05, 0.1) is 11.3 Å². The zero-order chi connectivity index (χ0) is 16.2. The first kappa shape index (κ1) is 14.5. The predicted octanol–water partition coefficient (Wildman–Crippen LogP) is 2.53. The summed E-state index contributed by atoms with van der Waals surface area (Å²) in [5.74, 6) is 6.42. The van der Waals surface area contributed by atoms with Crippen molar-refractivity contribution < 1.29 is 5.11 Å². The molecular weight excluding hydrogens is 288 g/mol. The predicted molar refractivity (Wildman–Crippen MR) is 88.5 cm³/mol. The summed E-state index contributed by atoms with van der Waals surface area (Å²) in [6.45, 7) is 1.91. The Morgan fingerprint density at radius 1 is 1.04 bits per heavy atom. The molecule has 0 saturated heterocycles. The first-order valence-corrected chi connectivity index (χ1v) is 7.00. The molecule has 0 spiro atoms. The van der Waals surface area contributed by atoms with Crippen LogP contribution >= 0.6 is 0 Å². The topological polar surface area (TPSA) is 84.9 Å². The Morgan fingerprint density at radius 3 is 2.65 bits per heavy atom. The van der Waals surface area contributed by atoms with Crippen molar-refractivity contribution in [2.75, 3.05) is 5.73 Å². The van der Waals surface area contributed by atoms with E-state index < -0.39 is 0 Å². The van der Waals surface area contributed by atoms with E-state index in [4.69, 9.17) is 5.73 Å². The van der Waals surface area contributed by atoms with E-state index in [2.05, 4.69) is 27.0 Å². The Hall–Kier alpha value is -3.39. The molecule has 5 nitrogen and oxygen atoms in total. The number of nitrogens with zero attached hydrogens (tertiary/aromatic N) is 3. The highest BCUT2D eigenvalue weighted by atomic mass is 16.3. The van der Waals surface area contributed by atoms with E-state index in [-0.39, 0.29) is 11.6 Å². The fourth-order valence-corrected chi connectivity index (χ4v) is 2.09. The van der Waals surface area contributed by atoms with Gasteiger partial charge in [0.25, 0.3) is 0 Å². The second-order valence-electron chi connectivity index (χ2n) is 4.98. The van der Waals surface area contributed by atoms with Crippen molar-refractivity contribution in [2.45, 2.75) is 6.92 Å². The van der Waals surface area contributed by atoms with Crippen LogP contribution < -0.4 is 5.73 Å². The maximum absolute atomic E-state index is 9.92. The molecule has 3 rings (SSSR count). The molecule has 0 saturated carbocycles. The molecule has 3 N–H and O–H groups in total. The smallest absolute Gasteiger partial charge is 0.161 e. The Kier molecular flexibility index (Phi) is 3.89. The zero-order valence-corrected chi connectivity index (χ0v) is 12.5. The second-order valence-corrected chi connectivity index (χ2v) is 4.98. The summed E-state index contributed by atoms with van der Waals surface area (Å²) in [7, 11) is 0. The number of aryl methyl sites for hydroxylation is 1. The Balaban J connectivity index is 2.01. The number of para-hydroxylation sites is 1. The number of phenolic OH excluding ortho intramolecular Hbond substituents is 1. The number of pyridine rings is 1. The van der Waals surface area contributed by atoms with Crippen LogP contribution in [0, 0.1) is 18.8 Å². The third-order valence-corrected chi connectivity index (χ3v) is 3.24. The highest BCUT2D eigenvalue weighted by molar-refractivity contribution is 5.69. The Bertz CT molecular complexity index is 926. The summed E-state index contributed by atoms with van der Waals surface area (Å²) in [6.07, 6.45) is 1.71. The van der Waals surface area contributed by atoms with Gasteiger partial charge in [0.15, 0.2) is 5.82 Å². The molecule has 112 valence electrons. The third-order valence-electron chi connectivity index (χ3n) is 3.24. The Labute approximate surface area is 133 Å². The highest BCUT2D eigenvalue weighted by Crippen LogP contribution is 2.27. The van der Waals surface area contributed by atoms with Crippen LogP contribution in [0.15, 0.2) is 48.7 Å². The summed E-state index contributed by atoms with van der Waals surface area (Å²) < 4.78 is 0. The fraction of sp³-hybridized carbons (Fsp3) is 0.0556. The van der Waals surface area contributed by atoms with Crippen molar-refractivity contribution in [3.05, 3.63) is 65.5 Å². The summed E-state index contributed by atoms with van der Waals surface area (Å²) in [5, 5.41) is 17.9. The first-order valence-electron chi connectivity index (χ1n) is 7.00. The van der Waals surface area contributed by atoms with E-state index in [1.54, 1.807) is 30.5 Å². The number of rotatable bonds is 1. The van der Waals surface area contributed by atoms with Crippen LogP contribution in [0.3, 0.4) is 0 Å². The van der Waals surface area contributed by atoms with Crippen molar-refractivity contribution in [3.63, 3.8) is 0 Å². The van der Waals surface area contributed by atoms with E-state index in [1.165, 1.54) is 0 Å². The molecule has 0 aliphatic heterocycles. The molecule has 2 heterocycles. The lowest BCUT2D eigenvalue weighted by Crippen LogP contribution is -1.99. The molecule has 0 atom stereocenters. The van der Waals surface area contributed by atoms with Gasteiger partial charge in [-0.2, -0.15) is 0 Å². The summed E-state index contributed by atoms with van der Waals surface area (Å²) in [4.78, 5) is 4.13. The van der Waals surface area contributed by atoms with Crippen LogP contribution in [0.5, 0.6) is 5.75 Å². The zero-order valence-electron chi connectivity index (χ0n) is 12.5. The molecule has 23 heavy (non-hydrogen) atoms. The highest BCUT2D eigenvalue weighted by Gasteiger charge is 2.08. The van der Waals surface area contributed by atoms with Gasteiger partial charge in [-0.1, -0.05) is 24.0 Å². The fourth-order valence-electron chi connectivity index (χ4n) is 2.09. The summed E-state index contributed by atoms with van der Waals surface area (Å²) in [5.41, 5.74) is 9.26. The largest absolute Gasteiger partial charge is 0.507 e. The number of anilines is 1. The average molecular weight is 302 g/mol. The molecule has 0 fully saturated rings. The minimum absolute atomic E-state index is 0.134. The van der Waals surface area contributed by atoms with Crippen molar-refractivity contribution in [3.8, 4) is 28.8 Å². The van der Waals surface area contributed by atoms with E-state index in [0.29, 0.717) is 16.8 Å². The van der Waals surface area contributed by atoms with E-state index in [0.717, 1.165) is 11.3 Å². The molecule has 0 unspecified atom stereocenters. The minimum Gasteiger partial charge on any atom is -0.507 e. The number of aromatic hydroxyl groups is 1. The monoisotopic (exact) mass is 302 g/mol. The third kappa shape index (κ3) is 3.27. The number of hydrogen-bond donors (Lipinski definition) is 2. The SMILES string of the molecule is Cc1cc(C#Cc2cc(-c3ccccc3O)nnc2N)ccn1. The summed E-state index contributed by atoms with van der Waals surface area (Å²) in [6, 6.07) is 12.4. The first-order chi connectivity index (χ1) is 11.1. The van der Waals surface area contributed by atoms with Gasteiger partial charge in [-0.25, -0.2) is 0 Å². The van der Waals surface area contributed by atoms with E-state index >= 15 is 0 Å². The molecule has 0 amide bonds. The van der Waals surface area contributed by atoms with Gasteiger partial charge in [0.2, 0.25) is 0 Å². The van der Waals surface area contributed by atoms with Crippen molar-refractivity contribution in [1.82, 2.24) is 15.2 Å². The number of nitrogens with two attached hydrogens (primary N) is 1. The van der Waals surface area contributed by atoms with E-state index in [9.17, 15) is 5.11 Å². The van der Waals surface area contributed by atoms with Gasteiger partial charge in [-0.05, 0) is 37.3 Å². The summed E-state index contributed by atoms with van der Waals surface area (Å²) >= 11 is 0. The molecule has 0 aliphatic carbocycles. The number of phenols is 1. The van der Waals surface area contributed by atoms with Crippen molar-refractivity contribution in [1.29, 1.82) is 0 Å². The van der Waals surface area contributed by atoms with Crippen LogP contribution in [0.25, 0.3) is 11.3 Å². The van der Waals surface area contributed by atoms with Gasteiger partial charge in [-0.15, -0.1) is 10.2 Å². The molecule has 2 aromatic heterocycles. The molecule has 3 aromatic rings. The molecule has 0 aliphatic rings. The van der Waals surface area contributed by atoms with Crippen LogP contribution in [0.2, 0.25) is 0 Å². The van der Waals surface area contributed by atoms with E-state index in [1.807, 2.05) is 25.1 Å². The molecule has 0 bridgehead atoms. The minimum atomic E-state index is 0.134. The van der Waals surface area contributed by atoms with Gasteiger partial charge in [-0.3, -0.25) is 4.98 Å². The molecular formula is C18H14N4O. The molecule has 5 heteroatoms. The molecule has 0 radical (unpaired) electrons. The van der Waals surface area contributed by atoms with Crippen LogP contribution in [-0.2, 0) is 0 Å². The standard InChI is InChI=1S/C18H14N4O/c1-12-10-13(8-9-20-12)6-7-14-11-16(21-22-18(14)19)15-4-2-3-5-17(15)23/h2-5,8-11,23H,1H3,(H2,19,22). The lowest BCUT2D eigenvalue weighted by Gasteiger charge is -2.04. The van der Waals surface area contributed by atoms with Gasteiger partial charge in [0, 0.05) is 23.0 Å². The number of hydrogen-bond acceptors (Lipinski definition) is 5. The van der Waals surface area contributed by atoms with Gasteiger partial charge >= 0.3 is 0 Å². The van der Waals surface area contributed by atoms with Crippen LogP contribution in [0.1, 0.15) is 16.8 Å². The number of benzene rings is 1. The van der Waals surface area contributed by atoms with Crippen LogP contribution in [0.4, 0.5) is 5.82 Å². The quantitative estimate of drug-likeness (QED) is 0.675. The Morgan fingerprint density at radius 2 is 1.87 bits per heavy atom. The maximum atomic E-state index is 9.92. The van der Waals surface area contributed by atoms with Crippen molar-refractivity contribution >= 4 is 5.82 Å². The van der Waals surface area contributed by atoms with Crippen molar-refractivity contribution in [2.24, 2.45) is 0 Å².